The summed E-state index contributed by atoms with van der Waals surface area (Å²) in [6, 6.07) is 10.1. The second kappa shape index (κ2) is 9.13. The van der Waals surface area contributed by atoms with Gasteiger partial charge in [-0.15, -0.1) is 0 Å². The average Bonchev–Trinajstić information content (AvgIpc) is 3.51. The Labute approximate surface area is 205 Å². The number of para-hydroxylation sites is 2. The van der Waals surface area contributed by atoms with Crippen LogP contribution in [0.15, 0.2) is 42.5 Å². The lowest BCUT2D eigenvalue weighted by Crippen LogP contribution is -2.46. The van der Waals surface area contributed by atoms with Crippen LogP contribution in [0.2, 0.25) is 0 Å². The van der Waals surface area contributed by atoms with E-state index >= 15 is 0 Å². The summed E-state index contributed by atoms with van der Waals surface area (Å²) in [5.41, 5.74) is 0.781. The van der Waals surface area contributed by atoms with Crippen LogP contribution in [-0.2, 0) is 23.8 Å². The summed E-state index contributed by atoms with van der Waals surface area (Å²) in [6.45, 7) is 0.372. The third kappa shape index (κ3) is 4.10. The Morgan fingerprint density at radius 2 is 1.81 bits per heavy atom. The molecule has 2 saturated heterocycles. The molecule has 5 rings (SSSR count). The van der Waals surface area contributed by atoms with E-state index in [-0.39, 0.29) is 36.5 Å². The third-order valence-electron chi connectivity index (χ3n) is 6.28. The summed E-state index contributed by atoms with van der Waals surface area (Å²) in [4.78, 5) is 52.3. The van der Waals surface area contributed by atoms with E-state index in [1.165, 1.54) is 30.2 Å². The first kappa shape index (κ1) is 23.6. The van der Waals surface area contributed by atoms with Crippen molar-refractivity contribution in [3.05, 3.63) is 48.0 Å². The van der Waals surface area contributed by atoms with Crippen molar-refractivity contribution in [3.8, 4) is 11.5 Å². The van der Waals surface area contributed by atoms with Gasteiger partial charge in [-0.25, -0.2) is 14.5 Å². The van der Waals surface area contributed by atoms with Gasteiger partial charge >= 0.3 is 12.1 Å². The van der Waals surface area contributed by atoms with Crippen molar-refractivity contribution in [1.82, 2.24) is 10.2 Å². The zero-order valence-electron chi connectivity index (χ0n) is 19.3. The summed E-state index contributed by atoms with van der Waals surface area (Å²) >= 11 is 0. The van der Waals surface area contributed by atoms with Crippen LogP contribution in [0.5, 0.6) is 11.5 Å². The van der Waals surface area contributed by atoms with Crippen LogP contribution in [0.1, 0.15) is 16.8 Å². The van der Waals surface area contributed by atoms with Crippen molar-refractivity contribution in [2.24, 2.45) is 0 Å². The minimum Gasteiger partial charge on any atom is -0.467 e. The molecule has 0 radical (unpaired) electrons. The molecule has 3 aliphatic heterocycles. The number of carboxylic acid groups (broad SMARTS) is 1. The first-order valence-electron chi connectivity index (χ1n) is 11.2. The molecule has 3 amide bonds. The number of carbonyl (C=O) groups excluding carboxylic acids is 3. The molecule has 0 aliphatic carbocycles. The number of hydrogen-bond donors (Lipinski definition) is 2. The van der Waals surface area contributed by atoms with Gasteiger partial charge in [0, 0.05) is 12.0 Å². The zero-order valence-corrected chi connectivity index (χ0v) is 19.3. The molecule has 0 saturated carbocycles. The second-order valence-corrected chi connectivity index (χ2v) is 8.43. The van der Waals surface area contributed by atoms with Crippen LogP contribution in [-0.4, -0.2) is 79.1 Å². The molecule has 3 aliphatic rings. The van der Waals surface area contributed by atoms with Crippen LogP contribution in [0, 0.1) is 0 Å². The lowest BCUT2D eigenvalue weighted by Gasteiger charge is -2.29. The second-order valence-electron chi connectivity index (χ2n) is 8.43. The number of esters is 1. The highest BCUT2D eigenvalue weighted by Gasteiger charge is 2.53. The number of anilines is 2. The molecule has 36 heavy (non-hydrogen) atoms. The molecule has 0 aromatic heterocycles. The van der Waals surface area contributed by atoms with Crippen LogP contribution in [0.4, 0.5) is 16.2 Å². The normalized spacial score (nSPS) is 19.3. The van der Waals surface area contributed by atoms with E-state index in [1.807, 2.05) is 0 Å². The molecule has 1 atom stereocenters. The molecule has 12 nitrogen and oxygen atoms in total. The predicted octanol–water partition coefficient (Wildman–Crippen LogP) is 1.86. The van der Waals surface area contributed by atoms with E-state index in [2.05, 4.69) is 5.32 Å². The van der Waals surface area contributed by atoms with E-state index in [0.717, 1.165) is 4.90 Å². The van der Waals surface area contributed by atoms with Crippen molar-refractivity contribution in [3.63, 3.8) is 0 Å². The Bertz CT molecular complexity index is 1240. The highest BCUT2D eigenvalue weighted by molar-refractivity contribution is 6.02. The Hall–Kier alpha value is -4.16. The maximum absolute atomic E-state index is 12.9. The third-order valence-corrected chi connectivity index (χ3v) is 6.28. The maximum atomic E-state index is 12.9. The van der Waals surface area contributed by atoms with Gasteiger partial charge in [0.15, 0.2) is 17.3 Å². The number of fused-ring (bicyclic) bond motifs is 2. The Balaban J connectivity index is 1.29. The van der Waals surface area contributed by atoms with Gasteiger partial charge < -0.3 is 34.3 Å². The molecule has 0 bridgehead atoms. The summed E-state index contributed by atoms with van der Waals surface area (Å²) in [5.74, 6) is -2.23. The Kier molecular flexibility index (Phi) is 5.98. The standard InChI is InChI=1S/C24H23N3O9/c1-33-22(30)17-11-24(34-8-9-35-24)13-26(17)20(28)12-25-21(29)14-6-7-16-19(10-14)36-18-5-3-2-4-15(18)27(16)23(31)32/h2-7,10,17H,8-9,11-13H2,1H3,(H,25,29)(H,31,32). The summed E-state index contributed by atoms with van der Waals surface area (Å²) in [7, 11) is 1.23. The van der Waals surface area contributed by atoms with Crippen LogP contribution < -0.4 is 15.0 Å². The molecule has 2 N–H and O–H groups in total. The number of nitrogens with zero attached hydrogens (tertiary/aromatic N) is 2. The smallest absolute Gasteiger partial charge is 0.416 e. The minimum atomic E-state index is -1.20. The van der Waals surface area contributed by atoms with Crippen molar-refractivity contribution >= 4 is 35.3 Å². The number of carbonyl (C=O) groups is 4. The minimum absolute atomic E-state index is 0.0403. The van der Waals surface area contributed by atoms with Crippen LogP contribution >= 0.6 is 0 Å². The largest absolute Gasteiger partial charge is 0.467 e. The number of benzene rings is 2. The van der Waals surface area contributed by atoms with Crippen molar-refractivity contribution in [1.29, 1.82) is 0 Å². The van der Waals surface area contributed by atoms with Crippen molar-refractivity contribution in [2.75, 3.05) is 38.3 Å². The molecule has 3 heterocycles. The molecule has 1 spiro atoms. The monoisotopic (exact) mass is 497 g/mol. The van der Waals surface area contributed by atoms with Gasteiger partial charge in [0.1, 0.15) is 6.04 Å². The SMILES string of the molecule is COC(=O)C1CC2(CN1C(=O)CNC(=O)c1ccc3c(c1)Oc1ccccc1N3C(=O)O)OCCO2. The lowest BCUT2D eigenvalue weighted by atomic mass is 10.1. The summed E-state index contributed by atoms with van der Waals surface area (Å²) in [5, 5.41) is 12.3. The first-order valence-corrected chi connectivity index (χ1v) is 11.2. The predicted molar refractivity (Wildman–Crippen MR) is 122 cm³/mol. The van der Waals surface area contributed by atoms with Gasteiger partial charge in [-0.3, -0.25) is 9.59 Å². The van der Waals surface area contributed by atoms with Gasteiger partial charge in [-0.1, -0.05) is 12.1 Å². The lowest BCUT2D eigenvalue weighted by molar-refractivity contribution is -0.152. The summed E-state index contributed by atoms with van der Waals surface area (Å²) < 4.78 is 21.9. The number of likely N-dealkylation sites (tertiary alicyclic amines) is 1. The number of amides is 3. The highest BCUT2D eigenvalue weighted by Crippen LogP contribution is 2.46. The highest BCUT2D eigenvalue weighted by atomic mass is 16.7. The van der Waals surface area contributed by atoms with Crippen molar-refractivity contribution < 1.29 is 43.2 Å². The van der Waals surface area contributed by atoms with Gasteiger partial charge in [0.05, 0.1) is 44.8 Å². The molecule has 2 aromatic carbocycles. The molecule has 2 fully saturated rings. The van der Waals surface area contributed by atoms with Gasteiger partial charge in [0.25, 0.3) is 5.91 Å². The summed E-state index contributed by atoms with van der Waals surface area (Å²) in [6.07, 6.45) is -1.06. The molecule has 188 valence electrons. The van der Waals surface area contributed by atoms with E-state index in [4.69, 9.17) is 18.9 Å². The average molecular weight is 497 g/mol. The van der Waals surface area contributed by atoms with E-state index in [9.17, 15) is 24.3 Å². The van der Waals surface area contributed by atoms with E-state index < -0.39 is 35.7 Å². The molecular formula is C24H23N3O9. The topological polar surface area (TPSA) is 144 Å². The molecule has 1 unspecified atom stereocenters. The fourth-order valence-electron chi connectivity index (χ4n) is 4.62. The fourth-order valence-corrected chi connectivity index (χ4v) is 4.62. The van der Waals surface area contributed by atoms with Crippen LogP contribution in [0.3, 0.4) is 0 Å². The maximum Gasteiger partial charge on any atom is 0.416 e. The number of hydrogen-bond acceptors (Lipinski definition) is 8. The quantitative estimate of drug-likeness (QED) is 0.605. The molecule has 12 heteroatoms. The molecular weight excluding hydrogens is 474 g/mol. The van der Waals surface area contributed by atoms with Gasteiger partial charge in [0.2, 0.25) is 5.91 Å². The van der Waals surface area contributed by atoms with Gasteiger partial charge in [-0.2, -0.15) is 0 Å². The van der Waals surface area contributed by atoms with E-state index in [1.54, 1.807) is 24.3 Å². The van der Waals surface area contributed by atoms with Gasteiger partial charge in [-0.05, 0) is 30.3 Å². The Morgan fingerprint density at radius 1 is 1.08 bits per heavy atom. The zero-order chi connectivity index (χ0) is 25.4. The van der Waals surface area contributed by atoms with E-state index in [0.29, 0.717) is 24.7 Å². The van der Waals surface area contributed by atoms with Crippen LogP contribution in [0.25, 0.3) is 0 Å². The molecule has 2 aromatic rings. The first-order chi connectivity index (χ1) is 17.3. The number of ether oxygens (including phenoxy) is 4. The fraction of sp³-hybridized carbons (Fsp3) is 0.333. The number of rotatable bonds is 4. The number of methoxy groups -OCH3 is 1. The van der Waals surface area contributed by atoms with Crippen molar-refractivity contribution in [2.45, 2.75) is 18.2 Å². The number of nitrogens with one attached hydrogen (secondary N) is 1. The Morgan fingerprint density at radius 3 is 2.53 bits per heavy atom.